The van der Waals surface area contributed by atoms with E-state index in [4.69, 9.17) is 37.9 Å². The van der Waals surface area contributed by atoms with Crippen LogP contribution in [0.1, 0.15) is 278 Å². The first-order valence-corrected chi connectivity index (χ1v) is 47.1. The van der Waals surface area contributed by atoms with Crippen LogP contribution in [0.25, 0.3) is 43.1 Å². The average Bonchev–Trinajstić information content (AvgIpc) is 1.18. The van der Waals surface area contributed by atoms with Gasteiger partial charge in [0.15, 0.2) is 0 Å². The van der Waals surface area contributed by atoms with Crippen LogP contribution in [0.5, 0.6) is 23.0 Å². The molecule has 0 N–H and O–H groups in total. The first-order chi connectivity index (χ1) is 64.0. The Morgan fingerprint density at radius 1 is 0.341 bits per heavy atom. The van der Waals surface area contributed by atoms with Gasteiger partial charge in [-0.15, -0.1) is 0 Å². The van der Waals surface area contributed by atoms with Gasteiger partial charge in [-0.05, 0) is 213 Å². The van der Waals surface area contributed by atoms with Crippen molar-refractivity contribution in [1.82, 2.24) is 24.5 Å². The van der Waals surface area contributed by atoms with E-state index in [0.717, 1.165) is 207 Å². The maximum absolute atomic E-state index is 13.6. The molecular weight excluding hydrogens is 1680 g/mol. The van der Waals surface area contributed by atoms with Crippen LogP contribution in [0.2, 0.25) is 0 Å². The molecular formula is C107H125N5O20. The molecule has 8 aromatic rings. The molecule has 0 radical (unpaired) electrons. The largest absolute Gasteiger partial charge is 0.493 e. The third-order valence-electron chi connectivity index (χ3n) is 25.8. The number of carbonyl (C=O) groups is 12. The molecule has 3 fully saturated rings. The van der Waals surface area contributed by atoms with E-state index in [2.05, 4.69) is 65.8 Å². The molecule has 15 rings (SSSR count). The highest BCUT2D eigenvalue weighted by atomic mass is 16.5. The van der Waals surface area contributed by atoms with Crippen LogP contribution in [-0.4, -0.2) is 193 Å². The highest BCUT2D eigenvalue weighted by molar-refractivity contribution is 6.29. The number of likely N-dealkylation sites (tertiary alicyclic amines) is 1. The molecule has 2 saturated carbocycles. The monoisotopic (exact) mass is 1800 g/mol. The summed E-state index contributed by atoms with van der Waals surface area (Å²) < 4.78 is 43.8. The van der Waals surface area contributed by atoms with E-state index in [0.29, 0.717) is 161 Å². The number of amides is 8. The van der Waals surface area contributed by atoms with E-state index in [1.54, 1.807) is 42.5 Å². The molecule has 2 aliphatic carbocycles. The van der Waals surface area contributed by atoms with Crippen molar-refractivity contribution in [2.45, 2.75) is 213 Å². The second kappa shape index (κ2) is 47.4. The number of ether oxygens (including phenoxy) is 8. The van der Waals surface area contributed by atoms with Gasteiger partial charge in [0.2, 0.25) is 0 Å². The maximum atomic E-state index is 13.6. The summed E-state index contributed by atoms with van der Waals surface area (Å²) in [6.07, 6.45) is 27.3. The molecule has 0 bridgehead atoms. The Morgan fingerprint density at radius 2 is 0.659 bits per heavy atom. The Kier molecular flexibility index (Phi) is 35.4. The molecule has 25 heteroatoms. The molecule has 8 aromatic carbocycles. The summed E-state index contributed by atoms with van der Waals surface area (Å²) in [7, 11) is 0. The van der Waals surface area contributed by atoms with Crippen LogP contribution in [0.4, 0.5) is 0 Å². The summed E-state index contributed by atoms with van der Waals surface area (Å²) in [6.45, 7) is 30.5. The molecule has 1 unspecified atom stereocenters. The second-order valence-electron chi connectivity index (χ2n) is 35.4. The van der Waals surface area contributed by atoms with Crippen molar-refractivity contribution >= 4 is 114 Å². The first-order valence-electron chi connectivity index (χ1n) is 47.1. The normalized spacial score (nSPS) is 16.9. The van der Waals surface area contributed by atoms with Gasteiger partial charge in [0, 0.05) is 150 Å². The Hall–Kier alpha value is -12.6. The minimum absolute atomic E-state index is 0.00571. The highest BCUT2D eigenvalue weighted by Crippen LogP contribution is 2.45. The molecule has 0 aromatic heterocycles. The fourth-order valence-electron chi connectivity index (χ4n) is 18.8. The minimum atomic E-state index is -0.465. The number of likely N-dealkylation sites (N-methyl/N-ethyl adjacent to an activating group) is 1. The van der Waals surface area contributed by atoms with Crippen LogP contribution in [0, 0.1) is 11.3 Å². The number of rotatable bonds is 40. The summed E-state index contributed by atoms with van der Waals surface area (Å²) in [5.74, 6) is -0.160. The van der Waals surface area contributed by atoms with Gasteiger partial charge in [0.05, 0.1) is 52.9 Å². The summed E-state index contributed by atoms with van der Waals surface area (Å²) in [5, 5.41) is 5.83. The third kappa shape index (κ3) is 23.6. The Labute approximate surface area is 773 Å². The van der Waals surface area contributed by atoms with E-state index in [-0.39, 0.29) is 77.4 Å². The predicted octanol–water partition coefficient (Wildman–Crippen LogP) is 20.1. The quantitative estimate of drug-likeness (QED) is 0.0113. The lowest BCUT2D eigenvalue weighted by Gasteiger charge is -2.41. The molecule has 698 valence electrons. The zero-order valence-electron chi connectivity index (χ0n) is 77.1. The van der Waals surface area contributed by atoms with Gasteiger partial charge in [-0.2, -0.15) is 0 Å². The van der Waals surface area contributed by atoms with Crippen LogP contribution < -0.4 is 18.9 Å². The van der Waals surface area contributed by atoms with E-state index in [1.165, 1.54) is 26.0 Å². The smallest absolute Gasteiger partial charge is 0.330 e. The zero-order valence-corrected chi connectivity index (χ0v) is 77.1. The van der Waals surface area contributed by atoms with Gasteiger partial charge in [-0.25, -0.2) is 19.2 Å². The standard InChI is InChI=1S/C30H37NO5.C26H29NO5.C26H31NO5.C25H28N2O5/c1-5-26(32)36-19-8-6-7-18-35-25-17-16-24-27-22(25)10-9-11-23(27)28(33)31(29(24)34)21-14-12-20(13-15-21)30(2,3)4;1-2-23(28)32-17-8-4-7-16-31-22-15-14-21-24-19(22)12-9-13-20(24)25(29)27(26(21)30)18-10-5-3-6-11-18;1-3-5-6-8-16-27-25(29)20-13-11-12-19-22(15-14-21(24(19)20)26(27)30)31-17-9-7-10-18-32-23(28)4-2;1-3-22(28)32-15-7-14-31-21-12-11-20-23-18(21)9-5-10-19(23)24(29)27(25(20)30)16-17-8-6-13-26(17)4-2/h5,9-11,16-17,20-21H,1,6-8,12-15,18-19H2,2-4H3;2,9,12-15,18H,1,3-8,10-11,16-17H2;4,11-15H,2-3,5-10,16-18H2,1H3;3,5,9-12,17H,1,4,6-8,13-16H2,2H3. The topological polar surface area (TPSA) is 295 Å². The number of hydrogen-bond donors (Lipinski definition) is 0. The van der Waals surface area contributed by atoms with Gasteiger partial charge in [-0.3, -0.25) is 62.9 Å². The van der Waals surface area contributed by atoms with Gasteiger partial charge < -0.3 is 37.9 Å². The minimum Gasteiger partial charge on any atom is -0.493 e. The molecule has 8 amide bonds. The molecule has 1 atom stereocenters. The maximum Gasteiger partial charge on any atom is 0.330 e. The number of imide groups is 4. The van der Waals surface area contributed by atoms with E-state index in [1.807, 2.05) is 78.9 Å². The highest BCUT2D eigenvalue weighted by Gasteiger charge is 2.44. The van der Waals surface area contributed by atoms with Gasteiger partial charge in [0.25, 0.3) is 47.3 Å². The van der Waals surface area contributed by atoms with Gasteiger partial charge >= 0.3 is 23.9 Å². The lowest BCUT2D eigenvalue weighted by molar-refractivity contribution is -0.138. The SMILES string of the molecule is C=CC(=O)OCCCCCOc1ccc2c3c(cccc13)C(=O)N(C1CCC(C(C)(C)C)CC1)C2=O.C=CC(=O)OCCCCCOc1ccc2c3c(cccc13)C(=O)N(C1CCCCC1)C2=O.C=CC(=O)OCCCCCOc1ccc2c3c(cccc13)C(=O)N(CCCCCC)C2=O.C=CC(=O)OCCCOc1ccc2c3c(cccc13)C(=O)N(CC1CCCN1CC)C2=O. The average molecular weight is 1800 g/mol. The van der Waals surface area contributed by atoms with Gasteiger partial charge in [-0.1, -0.05) is 148 Å². The summed E-state index contributed by atoms with van der Waals surface area (Å²) in [5.41, 5.74) is 4.74. The Bertz CT molecular complexity index is 5530. The number of carbonyl (C=O) groups excluding carboxylic acids is 12. The molecule has 7 aliphatic rings. The third-order valence-corrected chi connectivity index (χ3v) is 25.8. The number of esters is 4. The molecule has 25 nitrogen and oxygen atoms in total. The van der Waals surface area contributed by atoms with Crippen molar-refractivity contribution in [3.8, 4) is 23.0 Å². The van der Waals surface area contributed by atoms with E-state index >= 15 is 0 Å². The number of nitrogens with zero attached hydrogens (tertiary/aromatic N) is 5. The Morgan fingerprint density at radius 3 is 1.02 bits per heavy atom. The van der Waals surface area contributed by atoms with Gasteiger partial charge in [0.1, 0.15) is 23.0 Å². The van der Waals surface area contributed by atoms with Crippen molar-refractivity contribution in [3.05, 3.63) is 216 Å². The van der Waals surface area contributed by atoms with Crippen LogP contribution in [0.3, 0.4) is 0 Å². The molecule has 1 saturated heterocycles. The van der Waals surface area contributed by atoms with Crippen molar-refractivity contribution in [3.63, 3.8) is 0 Å². The number of unbranched alkanes of at least 4 members (excludes halogenated alkanes) is 9. The second-order valence-corrected chi connectivity index (χ2v) is 35.4. The fraction of sp³-hybridized carbons (Fsp3) is 0.439. The fourth-order valence-corrected chi connectivity index (χ4v) is 18.8. The Balaban J connectivity index is 0.000000159. The van der Waals surface area contributed by atoms with Crippen molar-refractivity contribution in [1.29, 1.82) is 0 Å². The van der Waals surface area contributed by atoms with E-state index in [9.17, 15) is 57.5 Å². The lowest BCUT2D eigenvalue weighted by atomic mass is 9.71. The number of hydrogen-bond acceptors (Lipinski definition) is 21. The summed E-state index contributed by atoms with van der Waals surface area (Å²) >= 11 is 0. The van der Waals surface area contributed by atoms with E-state index < -0.39 is 23.9 Å². The summed E-state index contributed by atoms with van der Waals surface area (Å²) in [4.78, 5) is 159. The van der Waals surface area contributed by atoms with Crippen LogP contribution >= 0.6 is 0 Å². The lowest BCUT2D eigenvalue weighted by Crippen LogP contribution is -2.49. The number of benzene rings is 8. The molecule has 5 aliphatic heterocycles. The van der Waals surface area contributed by atoms with Crippen molar-refractivity contribution in [2.24, 2.45) is 11.3 Å². The molecule has 0 spiro atoms. The van der Waals surface area contributed by atoms with Crippen molar-refractivity contribution in [2.75, 3.05) is 79.0 Å². The van der Waals surface area contributed by atoms with Crippen molar-refractivity contribution < 1.29 is 95.4 Å². The predicted molar refractivity (Wildman–Crippen MR) is 507 cm³/mol. The molecule has 5 heterocycles. The first kappa shape index (κ1) is 98.4. The summed E-state index contributed by atoms with van der Waals surface area (Å²) in [6, 6.07) is 36.7. The van der Waals surface area contributed by atoms with Crippen LogP contribution in [-0.2, 0) is 38.1 Å². The molecule has 132 heavy (non-hydrogen) atoms. The van der Waals surface area contributed by atoms with Crippen LogP contribution in [0.15, 0.2) is 172 Å². The zero-order chi connectivity index (χ0) is 94.0.